The van der Waals surface area contributed by atoms with Gasteiger partial charge in [0.05, 0.1) is 0 Å². The van der Waals surface area contributed by atoms with Gasteiger partial charge in [0.15, 0.2) is 0 Å². The van der Waals surface area contributed by atoms with Gasteiger partial charge >= 0.3 is 24.1 Å². The van der Waals surface area contributed by atoms with Gasteiger partial charge in [-0.05, 0) is 181 Å². The van der Waals surface area contributed by atoms with E-state index in [1.807, 2.05) is 74.2 Å². The van der Waals surface area contributed by atoms with Crippen molar-refractivity contribution in [2.75, 3.05) is 26.2 Å². The lowest BCUT2D eigenvalue weighted by Gasteiger charge is -2.59. The summed E-state index contributed by atoms with van der Waals surface area (Å²) >= 11 is 0. The van der Waals surface area contributed by atoms with E-state index < -0.39 is 59.6 Å². The number of hydrogen-bond acceptors (Lipinski definition) is 10. The molecule has 0 radical (unpaired) electrons. The van der Waals surface area contributed by atoms with Crippen molar-refractivity contribution >= 4 is 41.8 Å². The second-order valence-corrected chi connectivity index (χ2v) is 27.7. The molecule has 0 saturated heterocycles. The van der Waals surface area contributed by atoms with Crippen molar-refractivity contribution in [2.45, 2.75) is 221 Å². The van der Waals surface area contributed by atoms with Crippen LogP contribution >= 0.6 is 0 Å². The van der Waals surface area contributed by atoms with Gasteiger partial charge in [0, 0.05) is 50.9 Å². The molecule has 5 N–H and O–H groups in total. The first-order chi connectivity index (χ1) is 39.2. The van der Waals surface area contributed by atoms with Crippen LogP contribution in [0.5, 0.6) is 0 Å². The lowest BCUT2D eigenvalue weighted by atomic mass is 9.46. The van der Waals surface area contributed by atoms with Crippen molar-refractivity contribution < 1.29 is 52.9 Å². The Hall–Kier alpha value is -5.93. The normalized spacial score (nSPS) is 24.7. The number of hydrogen-bond donors (Lipinski definition) is 5. The zero-order valence-corrected chi connectivity index (χ0v) is 51.8. The third-order valence-electron chi connectivity index (χ3n) is 19.2. The monoisotopic (exact) mass is 1150 g/mol. The molecule has 5 aliphatic carbocycles. The smallest absolute Gasteiger partial charge is 0.410 e. The third-order valence-corrected chi connectivity index (χ3v) is 19.2. The Morgan fingerprint density at radius 1 is 0.699 bits per heavy atom. The lowest BCUT2D eigenvalue weighted by molar-refractivity contribution is -0.155. The summed E-state index contributed by atoms with van der Waals surface area (Å²) < 4.78 is 17.1. The number of fused-ring (bicyclic) bond motifs is 8. The first-order valence-electron chi connectivity index (χ1n) is 31.3. The lowest BCUT2D eigenvalue weighted by Crippen LogP contribution is -2.54. The number of esters is 1. The van der Waals surface area contributed by atoms with Crippen LogP contribution in [0.1, 0.15) is 202 Å². The van der Waals surface area contributed by atoms with Crippen LogP contribution in [0.25, 0.3) is 11.1 Å². The Labute approximate surface area is 494 Å². The highest BCUT2D eigenvalue weighted by atomic mass is 16.6. The minimum atomic E-state index is -1.42. The highest BCUT2D eigenvalue weighted by Gasteiger charge is 2.59. The number of amides is 5. The van der Waals surface area contributed by atoms with Crippen molar-refractivity contribution in [3.05, 3.63) is 71.3 Å². The quantitative estimate of drug-likeness (QED) is 0.0272. The molecule has 2 aromatic rings. The summed E-state index contributed by atoms with van der Waals surface area (Å²) in [6.45, 7) is 23.6. The summed E-state index contributed by atoms with van der Waals surface area (Å²) in [5, 5.41) is 20.3. The molecule has 0 heterocycles. The standard InChI is InChI=1S/C67H99N5O11/c1-42(2)18-16-19-43(3)52-26-27-53-50-25-24-44-40-45(32-35-66(44,10)54(50)33-36-67(52,53)11)72(63(80)83-65(7,8)9)39-17-37-68-57(73)34-38-69-60(77)55(29-31-59(76)82-64(4,5)6)70-61(78)56(28-30-58(74)75)71-62(79)81-41-51-48-22-14-12-20-46(48)47-21-13-15-23-49(47)51/h12-15,20-24,42-43,45,50-56H,16-19,25-41H2,1-11H3,(H,68,73)(H,69,77)(H,70,78)(H,71,79)(H,74,75)/t43-,45+,50?,52-,53?,54?,55+,56+,66+,67-/m1/s1. The number of nitrogens with one attached hydrogen (secondary N) is 4. The molecule has 3 unspecified atom stereocenters. The average Bonchev–Trinajstić information content (AvgIpc) is 4.02. The van der Waals surface area contributed by atoms with Crippen LogP contribution in [0.2, 0.25) is 0 Å². The largest absolute Gasteiger partial charge is 0.481 e. The van der Waals surface area contributed by atoms with Crippen LogP contribution in [-0.4, -0.2) is 107 Å². The van der Waals surface area contributed by atoms with E-state index in [1.54, 1.807) is 20.8 Å². The Morgan fingerprint density at radius 2 is 1.35 bits per heavy atom. The molecule has 458 valence electrons. The number of benzene rings is 2. The second-order valence-electron chi connectivity index (χ2n) is 27.7. The highest BCUT2D eigenvalue weighted by molar-refractivity contribution is 5.92. The van der Waals surface area contributed by atoms with Crippen LogP contribution in [-0.2, 0) is 38.2 Å². The summed E-state index contributed by atoms with van der Waals surface area (Å²) in [6, 6.07) is 12.9. The van der Waals surface area contributed by atoms with E-state index in [4.69, 9.17) is 14.2 Å². The molecule has 3 fully saturated rings. The maximum absolute atomic E-state index is 14.0. The average molecular weight is 1150 g/mol. The molecule has 7 rings (SSSR count). The minimum absolute atomic E-state index is 0.0250. The summed E-state index contributed by atoms with van der Waals surface area (Å²) in [5.74, 6) is 0.490. The SMILES string of the molecule is CC(C)CCC[C@@H](C)[C@H]1CCC2C3CC=C4C[C@@H](N(CCCNC(=O)CCNC(=O)[C@H](CCC(=O)OC(C)(C)C)NC(=O)[C@H](CCC(=O)O)NC(=O)OCC5c6ccccc6-c6ccccc65)C(=O)OC(C)(C)C)CC[C@]4(C)C3CC[C@@]21C. The first kappa shape index (κ1) is 64.6. The molecule has 0 bridgehead atoms. The van der Waals surface area contributed by atoms with E-state index in [0.29, 0.717) is 30.2 Å². The van der Waals surface area contributed by atoms with Crippen LogP contribution < -0.4 is 21.3 Å². The van der Waals surface area contributed by atoms with Gasteiger partial charge in [0.1, 0.15) is 29.9 Å². The maximum Gasteiger partial charge on any atom is 0.410 e. The molecule has 0 aliphatic heterocycles. The molecule has 5 amide bonds. The van der Waals surface area contributed by atoms with Crippen molar-refractivity contribution in [3.63, 3.8) is 0 Å². The molecule has 10 atom stereocenters. The van der Waals surface area contributed by atoms with Crippen molar-refractivity contribution in [1.82, 2.24) is 26.2 Å². The van der Waals surface area contributed by atoms with Gasteiger partial charge in [0.25, 0.3) is 0 Å². The Kier molecular flexibility index (Phi) is 21.7. The van der Waals surface area contributed by atoms with Crippen LogP contribution in [0, 0.1) is 46.3 Å². The predicted molar refractivity (Wildman–Crippen MR) is 321 cm³/mol. The Balaban J connectivity index is 0.917. The van der Waals surface area contributed by atoms with Crippen molar-refractivity contribution in [3.8, 4) is 11.1 Å². The molecule has 83 heavy (non-hydrogen) atoms. The van der Waals surface area contributed by atoms with E-state index in [2.05, 4.69) is 62.0 Å². The number of carboxylic acid groups (broad SMARTS) is 1. The second kappa shape index (κ2) is 27.8. The Morgan fingerprint density at radius 3 is 2.00 bits per heavy atom. The van der Waals surface area contributed by atoms with Gasteiger partial charge in [-0.1, -0.05) is 114 Å². The van der Waals surface area contributed by atoms with Gasteiger partial charge in [-0.3, -0.25) is 24.0 Å². The van der Waals surface area contributed by atoms with Gasteiger partial charge < -0.3 is 45.5 Å². The number of carbonyl (C=O) groups is 7. The maximum atomic E-state index is 14.0. The number of carboxylic acids is 1. The fraction of sp³-hybridized carbons (Fsp3) is 0.687. The first-order valence-corrected chi connectivity index (χ1v) is 31.3. The van der Waals surface area contributed by atoms with Crippen LogP contribution in [0.3, 0.4) is 0 Å². The molecular formula is C67H99N5O11. The van der Waals surface area contributed by atoms with Gasteiger partial charge in [0.2, 0.25) is 17.7 Å². The molecular weight excluding hydrogens is 1050 g/mol. The number of alkyl carbamates (subject to hydrolysis) is 1. The molecule has 5 aliphatic rings. The number of rotatable bonds is 25. The Bertz CT molecular complexity index is 2610. The number of carbonyl (C=O) groups excluding carboxylic acids is 6. The van der Waals surface area contributed by atoms with Gasteiger partial charge in [-0.25, -0.2) is 9.59 Å². The number of ether oxygens (including phenoxy) is 3. The van der Waals surface area contributed by atoms with E-state index >= 15 is 0 Å². The number of aliphatic carboxylic acids is 1. The van der Waals surface area contributed by atoms with Crippen molar-refractivity contribution in [1.29, 1.82) is 0 Å². The van der Waals surface area contributed by atoms with E-state index in [1.165, 1.54) is 50.5 Å². The highest BCUT2D eigenvalue weighted by Crippen LogP contribution is 2.67. The van der Waals surface area contributed by atoms with E-state index in [9.17, 15) is 38.7 Å². The number of nitrogens with zero attached hydrogens (tertiary/aromatic N) is 1. The summed E-state index contributed by atoms with van der Waals surface area (Å²) in [4.78, 5) is 94.8. The fourth-order valence-corrected chi connectivity index (χ4v) is 15.2. The van der Waals surface area contributed by atoms with Crippen LogP contribution in [0.4, 0.5) is 9.59 Å². The van der Waals surface area contributed by atoms with Gasteiger partial charge in [-0.2, -0.15) is 0 Å². The van der Waals surface area contributed by atoms with E-state index in [-0.39, 0.29) is 74.8 Å². The summed E-state index contributed by atoms with van der Waals surface area (Å²) in [7, 11) is 0. The van der Waals surface area contributed by atoms with Crippen molar-refractivity contribution in [2.24, 2.45) is 46.3 Å². The molecule has 0 spiro atoms. The molecule has 3 saturated carbocycles. The molecule has 16 nitrogen and oxygen atoms in total. The molecule has 16 heteroatoms. The number of allylic oxidation sites excluding steroid dienone is 1. The molecule has 0 aromatic heterocycles. The third kappa shape index (κ3) is 16.7. The van der Waals surface area contributed by atoms with Gasteiger partial charge in [-0.15, -0.1) is 0 Å². The summed E-state index contributed by atoms with van der Waals surface area (Å²) in [5.41, 5.74) is 4.55. The zero-order valence-electron chi connectivity index (χ0n) is 51.8. The summed E-state index contributed by atoms with van der Waals surface area (Å²) in [6.07, 6.45) is 13.5. The van der Waals surface area contributed by atoms with E-state index in [0.717, 1.165) is 71.6 Å². The topological polar surface area (TPSA) is 219 Å². The predicted octanol–water partition coefficient (Wildman–Crippen LogP) is 12.0. The van der Waals surface area contributed by atoms with Crippen LogP contribution in [0.15, 0.2) is 60.2 Å². The minimum Gasteiger partial charge on any atom is -0.481 e. The molecule has 2 aromatic carbocycles. The fourth-order valence-electron chi connectivity index (χ4n) is 15.2. The zero-order chi connectivity index (χ0) is 60.4.